The van der Waals surface area contributed by atoms with Crippen LogP contribution in [0.3, 0.4) is 0 Å². The second-order valence-corrected chi connectivity index (χ2v) is 6.24. The molecule has 2 heteroatoms. The molecule has 0 aliphatic heterocycles. The summed E-state index contributed by atoms with van der Waals surface area (Å²) < 4.78 is 6.06. The smallest absolute Gasteiger partial charge is 0.129 e. The Labute approximate surface area is 141 Å². The summed E-state index contributed by atoms with van der Waals surface area (Å²) in [6.45, 7) is 4.10. The third kappa shape index (κ3) is 2.61. The highest BCUT2D eigenvalue weighted by Crippen LogP contribution is 2.35. The molecule has 4 aromatic rings. The molecule has 0 radical (unpaired) electrons. The van der Waals surface area contributed by atoms with Crippen molar-refractivity contribution < 1.29 is 4.74 Å². The molecule has 3 aromatic carbocycles. The number of rotatable bonds is 3. The Kier molecular flexibility index (Phi) is 3.66. The highest BCUT2D eigenvalue weighted by atomic mass is 16.5. The van der Waals surface area contributed by atoms with E-state index in [0.717, 1.165) is 22.2 Å². The van der Waals surface area contributed by atoms with Crippen molar-refractivity contribution in [1.82, 2.24) is 4.98 Å². The zero-order chi connectivity index (χ0) is 16.5. The van der Waals surface area contributed by atoms with Gasteiger partial charge in [-0.05, 0) is 60.0 Å². The Bertz CT molecular complexity index is 1020. The van der Waals surface area contributed by atoms with Crippen molar-refractivity contribution in [2.45, 2.75) is 20.0 Å². The van der Waals surface area contributed by atoms with Crippen molar-refractivity contribution in [1.29, 1.82) is 0 Å². The molecule has 0 aliphatic carbocycles. The second kappa shape index (κ2) is 5.97. The molecule has 2 nitrogen and oxygen atoms in total. The molecule has 0 aliphatic rings. The molecule has 24 heavy (non-hydrogen) atoms. The van der Waals surface area contributed by atoms with E-state index >= 15 is 0 Å². The zero-order valence-corrected chi connectivity index (χ0v) is 13.9. The molecule has 118 valence electrons. The highest BCUT2D eigenvalue weighted by molar-refractivity contribution is 5.99. The van der Waals surface area contributed by atoms with Crippen molar-refractivity contribution in [2.75, 3.05) is 0 Å². The fourth-order valence-corrected chi connectivity index (χ4v) is 3.13. The summed E-state index contributed by atoms with van der Waals surface area (Å²) in [5.74, 6) is 0.888. The van der Waals surface area contributed by atoms with Crippen LogP contribution in [-0.2, 0) is 0 Å². The van der Waals surface area contributed by atoms with Crippen LogP contribution in [0.4, 0.5) is 0 Å². The number of aromatic nitrogens is 1. The molecular weight excluding hydrogens is 294 g/mol. The van der Waals surface area contributed by atoms with Gasteiger partial charge in [0.25, 0.3) is 0 Å². The molecule has 0 fully saturated rings. The van der Waals surface area contributed by atoms with E-state index in [2.05, 4.69) is 65.6 Å². The Morgan fingerprint density at radius 2 is 1.62 bits per heavy atom. The Morgan fingerprint density at radius 1 is 0.833 bits per heavy atom. The standard InChI is InChI=1S/C22H19NO/c1-15(2)24-22-14-17(13-21-20(22)11-6-12-23-21)19-10-5-8-16-7-3-4-9-18(16)19/h3-15H,1-2H3. The topological polar surface area (TPSA) is 22.1 Å². The van der Waals surface area contributed by atoms with Crippen molar-refractivity contribution in [3.63, 3.8) is 0 Å². The number of benzene rings is 3. The monoisotopic (exact) mass is 313 g/mol. The van der Waals surface area contributed by atoms with Crippen LogP contribution in [0.5, 0.6) is 5.75 Å². The number of pyridine rings is 1. The largest absolute Gasteiger partial charge is 0.490 e. The summed E-state index contributed by atoms with van der Waals surface area (Å²) in [5.41, 5.74) is 3.29. The van der Waals surface area contributed by atoms with Gasteiger partial charge >= 0.3 is 0 Å². The third-order valence-electron chi connectivity index (χ3n) is 4.15. The first-order valence-electron chi connectivity index (χ1n) is 8.26. The van der Waals surface area contributed by atoms with Gasteiger partial charge < -0.3 is 4.74 Å². The van der Waals surface area contributed by atoms with Crippen LogP contribution in [0.2, 0.25) is 0 Å². The van der Waals surface area contributed by atoms with Crippen molar-refractivity contribution in [3.05, 3.63) is 72.9 Å². The predicted octanol–water partition coefficient (Wildman–Crippen LogP) is 5.84. The van der Waals surface area contributed by atoms with E-state index in [0.29, 0.717) is 0 Å². The van der Waals surface area contributed by atoms with E-state index in [4.69, 9.17) is 4.74 Å². The summed E-state index contributed by atoms with van der Waals surface area (Å²) in [4.78, 5) is 4.54. The maximum atomic E-state index is 6.06. The van der Waals surface area contributed by atoms with Crippen LogP contribution in [0.1, 0.15) is 13.8 Å². The lowest BCUT2D eigenvalue weighted by molar-refractivity contribution is 0.245. The van der Waals surface area contributed by atoms with E-state index in [-0.39, 0.29) is 6.10 Å². The average molecular weight is 313 g/mol. The van der Waals surface area contributed by atoms with Gasteiger partial charge in [0.05, 0.1) is 11.6 Å². The normalized spacial score (nSPS) is 11.3. The highest BCUT2D eigenvalue weighted by Gasteiger charge is 2.11. The molecule has 0 spiro atoms. The second-order valence-electron chi connectivity index (χ2n) is 6.24. The first kappa shape index (κ1) is 14.7. The van der Waals surface area contributed by atoms with Gasteiger partial charge in [-0.25, -0.2) is 0 Å². The molecule has 4 rings (SSSR count). The molecule has 0 amide bonds. The van der Waals surface area contributed by atoms with E-state index in [1.807, 2.05) is 26.1 Å². The summed E-state index contributed by atoms with van der Waals surface area (Å²) in [6.07, 6.45) is 1.95. The lowest BCUT2D eigenvalue weighted by atomic mass is 9.97. The molecule has 0 N–H and O–H groups in total. The van der Waals surface area contributed by atoms with Gasteiger partial charge in [-0.1, -0.05) is 42.5 Å². The summed E-state index contributed by atoms with van der Waals surface area (Å²) in [6, 6.07) is 23.1. The van der Waals surface area contributed by atoms with E-state index in [9.17, 15) is 0 Å². The number of ether oxygens (including phenoxy) is 1. The molecule has 0 bridgehead atoms. The lowest BCUT2D eigenvalue weighted by Gasteiger charge is -2.15. The maximum Gasteiger partial charge on any atom is 0.129 e. The minimum Gasteiger partial charge on any atom is -0.490 e. The number of fused-ring (bicyclic) bond motifs is 2. The fourth-order valence-electron chi connectivity index (χ4n) is 3.13. The SMILES string of the molecule is CC(C)Oc1cc(-c2cccc3ccccc23)cc2ncccc12. The molecule has 0 saturated heterocycles. The van der Waals surface area contributed by atoms with Crippen LogP contribution in [-0.4, -0.2) is 11.1 Å². The predicted molar refractivity (Wildman–Crippen MR) is 100 cm³/mol. The van der Waals surface area contributed by atoms with Crippen LogP contribution in [0, 0.1) is 0 Å². The summed E-state index contributed by atoms with van der Waals surface area (Å²) in [5, 5.41) is 3.53. The molecule has 1 aromatic heterocycles. The fraction of sp³-hybridized carbons (Fsp3) is 0.136. The Hall–Kier alpha value is -2.87. The molecule has 1 heterocycles. The van der Waals surface area contributed by atoms with Crippen LogP contribution in [0.15, 0.2) is 72.9 Å². The van der Waals surface area contributed by atoms with Crippen LogP contribution in [0.25, 0.3) is 32.8 Å². The lowest BCUT2D eigenvalue weighted by Crippen LogP contribution is -2.06. The van der Waals surface area contributed by atoms with Crippen molar-refractivity contribution in [3.8, 4) is 16.9 Å². The van der Waals surface area contributed by atoms with Crippen LogP contribution < -0.4 is 4.74 Å². The van der Waals surface area contributed by atoms with Crippen molar-refractivity contribution in [2.24, 2.45) is 0 Å². The molecule has 0 unspecified atom stereocenters. The summed E-state index contributed by atoms with van der Waals surface area (Å²) >= 11 is 0. The third-order valence-corrected chi connectivity index (χ3v) is 4.15. The van der Waals surface area contributed by atoms with E-state index in [1.54, 1.807) is 0 Å². The van der Waals surface area contributed by atoms with Gasteiger partial charge in [0, 0.05) is 11.6 Å². The average Bonchev–Trinajstić information content (AvgIpc) is 2.60. The Morgan fingerprint density at radius 3 is 2.50 bits per heavy atom. The number of nitrogens with zero attached hydrogens (tertiary/aromatic N) is 1. The van der Waals surface area contributed by atoms with Gasteiger partial charge in [-0.15, -0.1) is 0 Å². The van der Waals surface area contributed by atoms with E-state index < -0.39 is 0 Å². The zero-order valence-electron chi connectivity index (χ0n) is 13.9. The first-order chi connectivity index (χ1) is 11.7. The van der Waals surface area contributed by atoms with Gasteiger partial charge in [-0.2, -0.15) is 0 Å². The number of hydrogen-bond donors (Lipinski definition) is 0. The van der Waals surface area contributed by atoms with Gasteiger partial charge in [0.15, 0.2) is 0 Å². The van der Waals surface area contributed by atoms with Crippen molar-refractivity contribution >= 4 is 21.7 Å². The van der Waals surface area contributed by atoms with Crippen LogP contribution >= 0.6 is 0 Å². The van der Waals surface area contributed by atoms with E-state index in [1.165, 1.54) is 16.3 Å². The minimum absolute atomic E-state index is 0.121. The van der Waals surface area contributed by atoms with Gasteiger partial charge in [0.2, 0.25) is 0 Å². The summed E-state index contributed by atoms with van der Waals surface area (Å²) in [7, 11) is 0. The molecule has 0 atom stereocenters. The first-order valence-corrected chi connectivity index (χ1v) is 8.26. The maximum absolute atomic E-state index is 6.06. The molecule has 0 saturated carbocycles. The van der Waals surface area contributed by atoms with Gasteiger partial charge in [0.1, 0.15) is 5.75 Å². The Balaban J connectivity index is 1.99. The van der Waals surface area contributed by atoms with Gasteiger partial charge in [-0.3, -0.25) is 4.98 Å². The number of hydrogen-bond acceptors (Lipinski definition) is 2. The molecular formula is C22H19NO. The minimum atomic E-state index is 0.121. The quantitative estimate of drug-likeness (QED) is 0.474.